The fourth-order valence-corrected chi connectivity index (χ4v) is 13.2. The summed E-state index contributed by atoms with van der Waals surface area (Å²) in [6.07, 6.45) is 20.4. The molecule has 0 bridgehead atoms. The van der Waals surface area contributed by atoms with E-state index in [9.17, 15) is 0 Å². The molecule has 73 heavy (non-hydrogen) atoms. The molecule has 0 atom stereocenters. The van der Waals surface area contributed by atoms with Crippen LogP contribution in [0.1, 0.15) is 131 Å². The molecular weight excluding hydrogens is 879 g/mol. The molecular formula is C72H67N. The van der Waals surface area contributed by atoms with E-state index in [2.05, 4.69) is 211 Å². The third kappa shape index (κ3) is 9.40. The summed E-state index contributed by atoms with van der Waals surface area (Å²) in [5, 5.41) is 2.52. The molecule has 3 aliphatic rings. The maximum Gasteiger partial charge on any atom is 0.0541 e. The van der Waals surface area contributed by atoms with Gasteiger partial charge in [0.25, 0.3) is 0 Å². The second-order valence-electron chi connectivity index (χ2n) is 21.9. The van der Waals surface area contributed by atoms with Gasteiger partial charge in [0.15, 0.2) is 0 Å². The molecule has 0 N–H and O–H groups in total. The normalized spacial score (nSPS) is 16.1. The van der Waals surface area contributed by atoms with Crippen molar-refractivity contribution in [3.05, 3.63) is 223 Å². The van der Waals surface area contributed by atoms with E-state index in [1.165, 1.54) is 202 Å². The van der Waals surface area contributed by atoms with E-state index in [1.54, 1.807) is 0 Å². The predicted molar refractivity (Wildman–Crippen MR) is 311 cm³/mol. The van der Waals surface area contributed by atoms with Gasteiger partial charge in [0.1, 0.15) is 0 Å². The zero-order valence-corrected chi connectivity index (χ0v) is 42.4. The summed E-state index contributed by atoms with van der Waals surface area (Å²) >= 11 is 0. The van der Waals surface area contributed by atoms with Gasteiger partial charge in [-0.15, -0.1) is 0 Å². The SMILES string of the molecule is c1cc(-c2ccc(-n3c4ccc(-c5ccc(-c6ccc(C7CCCCC7)cc6)cc5)cc4c4cc(-c5ccc(-c6ccc(C7CCCCC7)cc6)cc5)ccc43)cc2)ccc1-c1ccc(C2CCCCC2)cc1. The van der Waals surface area contributed by atoms with Crippen molar-refractivity contribution in [3.63, 3.8) is 0 Å². The van der Waals surface area contributed by atoms with Crippen LogP contribution in [-0.4, -0.2) is 4.57 Å². The van der Waals surface area contributed by atoms with E-state index in [-0.39, 0.29) is 0 Å². The minimum Gasteiger partial charge on any atom is -0.309 e. The number of rotatable bonds is 10. The average Bonchev–Trinajstić information content (AvgIpc) is 3.81. The van der Waals surface area contributed by atoms with Crippen LogP contribution in [0.5, 0.6) is 0 Å². The Morgan fingerprint density at radius 1 is 0.219 bits per heavy atom. The molecule has 3 saturated carbocycles. The number of benzene rings is 9. The summed E-state index contributed by atoms with van der Waals surface area (Å²) < 4.78 is 2.46. The Hall–Kier alpha value is -7.22. The molecule has 0 saturated heterocycles. The number of hydrogen-bond donors (Lipinski definition) is 0. The van der Waals surface area contributed by atoms with Crippen LogP contribution in [-0.2, 0) is 0 Å². The largest absolute Gasteiger partial charge is 0.309 e. The molecule has 0 aliphatic heterocycles. The molecule has 1 heteroatoms. The van der Waals surface area contributed by atoms with Crippen LogP contribution >= 0.6 is 0 Å². The molecule has 13 rings (SSSR count). The lowest BCUT2D eigenvalue weighted by atomic mass is 9.83. The van der Waals surface area contributed by atoms with Crippen molar-refractivity contribution in [2.75, 3.05) is 0 Å². The highest BCUT2D eigenvalue weighted by atomic mass is 15.0. The zero-order valence-electron chi connectivity index (χ0n) is 42.4. The van der Waals surface area contributed by atoms with Crippen molar-refractivity contribution in [1.82, 2.24) is 4.57 Å². The summed E-state index contributed by atoms with van der Waals surface area (Å²) in [5.41, 5.74) is 23.2. The predicted octanol–water partition coefficient (Wildman–Crippen LogP) is 20.9. The molecule has 0 spiro atoms. The Bertz CT molecular complexity index is 3300. The molecule has 1 heterocycles. The molecule has 0 unspecified atom stereocenters. The Labute approximate surface area is 433 Å². The highest BCUT2D eigenvalue weighted by molar-refractivity contribution is 6.11. The Morgan fingerprint density at radius 3 is 0.712 bits per heavy atom. The lowest BCUT2D eigenvalue weighted by Gasteiger charge is -2.22. The fraction of sp³-hybridized carbons (Fsp3) is 0.250. The van der Waals surface area contributed by atoms with Crippen LogP contribution in [0, 0.1) is 0 Å². The number of fused-ring (bicyclic) bond motifs is 3. The number of aromatic nitrogens is 1. The topological polar surface area (TPSA) is 4.93 Å². The quantitative estimate of drug-likeness (QED) is 0.129. The van der Waals surface area contributed by atoms with E-state index in [4.69, 9.17) is 0 Å². The maximum atomic E-state index is 2.46. The van der Waals surface area contributed by atoms with Crippen LogP contribution in [0.2, 0.25) is 0 Å². The van der Waals surface area contributed by atoms with Crippen molar-refractivity contribution in [2.45, 2.75) is 114 Å². The number of nitrogens with zero attached hydrogens (tertiary/aromatic N) is 1. The van der Waals surface area contributed by atoms with Crippen molar-refractivity contribution in [2.24, 2.45) is 0 Å². The van der Waals surface area contributed by atoms with Crippen molar-refractivity contribution < 1.29 is 0 Å². The van der Waals surface area contributed by atoms with E-state index < -0.39 is 0 Å². The zero-order chi connectivity index (χ0) is 48.5. The van der Waals surface area contributed by atoms with E-state index in [0.717, 1.165) is 23.4 Å². The average molecular weight is 946 g/mol. The molecule has 1 nitrogen and oxygen atoms in total. The third-order valence-electron chi connectivity index (χ3n) is 17.5. The van der Waals surface area contributed by atoms with E-state index in [0.29, 0.717) is 0 Å². The highest BCUT2D eigenvalue weighted by Crippen LogP contribution is 2.41. The van der Waals surface area contributed by atoms with Gasteiger partial charge in [-0.05, 0) is 176 Å². The summed E-state index contributed by atoms with van der Waals surface area (Å²) in [6, 6.07) is 79.1. The van der Waals surface area contributed by atoms with Gasteiger partial charge in [-0.25, -0.2) is 0 Å². The third-order valence-corrected chi connectivity index (χ3v) is 17.5. The van der Waals surface area contributed by atoms with Crippen LogP contribution in [0.4, 0.5) is 0 Å². The molecule has 0 amide bonds. The smallest absolute Gasteiger partial charge is 0.0541 e. The van der Waals surface area contributed by atoms with Crippen LogP contribution in [0.15, 0.2) is 206 Å². The van der Waals surface area contributed by atoms with Crippen molar-refractivity contribution in [1.29, 1.82) is 0 Å². The van der Waals surface area contributed by atoms with Gasteiger partial charge in [0, 0.05) is 16.5 Å². The first-order valence-electron chi connectivity index (χ1n) is 28.0. The lowest BCUT2D eigenvalue weighted by molar-refractivity contribution is 0.443. The summed E-state index contributed by atoms with van der Waals surface area (Å²) in [4.78, 5) is 0. The van der Waals surface area contributed by atoms with Crippen LogP contribution in [0.25, 0.3) is 94.3 Å². The minimum atomic E-state index is 0.726. The first kappa shape index (κ1) is 45.6. The molecule has 3 fully saturated rings. The Morgan fingerprint density at radius 2 is 0.438 bits per heavy atom. The summed E-state index contributed by atoms with van der Waals surface area (Å²) in [7, 11) is 0. The van der Waals surface area contributed by atoms with Gasteiger partial charge in [-0.2, -0.15) is 0 Å². The molecule has 9 aromatic carbocycles. The summed E-state index contributed by atoms with van der Waals surface area (Å²) in [6.45, 7) is 0. The van der Waals surface area contributed by atoms with Crippen molar-refractivity contribution in [3.8, 4) is 72.4 Å². The van der Waals surface area contributed by atoms with Crippen LogP contribution in [0.3, 0.4) is 0 Å². The lowest BCUT2D eigenvalue weighted by Crippen LogP contribution is -2.04. The highest BCUT2D eigenvalue weighted by Gasteiger charge is 2.20. The van der Waals surface area contributed by atoms with Gasteiger partial charge in [-0.3, -0.25) is 0 Å². The van der Waals surface area contributed by atoms with E-state index >= 15 is 0 Å². The first-order chi connectivity index (χ1) is 36.1. The Balaban J connectivity index is 0.807. The first-order valence-corrected chi connectivity index (χ1v) is 28.0. The molecule has 0 radical (unpaired) electrons. The molecule has 360 valence electrons. The van der Waals surface area contributed by atoms with Crippen LogP contribution < -0.4 is 0 Å². The minimum absolute atomic E-state index is 0.726. The van der Waals surface area contributed by atoms with Gasteiger partial charge >= 0.3 is 0 Å². The molecule has 3 aliphatic carbocycles. The fourth-order valence-electron chi connectivity index (χ4n) is 13.2. The Kier molecular flexibility index (Phi) is 12.7. The maximum absolute atomic E-state index is 2.46. The second-order valence-corrected chi connectivity index (χ2v) is 21.9. The van der Waals surface area contributed by atoms with Crippen molar-refractivity contribution >= 4 is 21.8 Å². The monoisotopic (exact) mass is 946 g/mol. The standard InChI is InChI=1S/C72H67N/c1-4-10-50(11-5-1)53-16-22-56(23-17-53)59-28-30-62(31-29-59)63-40-44-68(45-41-63)73-71-46-42-66(64-36-32-60(33-37-64)57-24-18-54(19-25-57)51-12-6-2-7-13-51)48-69(71)70-49-67(43-47-72(70)73)65-38-34-61(35-39-65)58-26-20-55(21-27-58)52-14-8-3-9-15-52/h16-52H,1-15H2. The second kappa shape index (κ2) is 20.4. The van der Waals surface area contributed by atoms with Gasteiger partial charge in [0.2, 0.25) is 0 Å². The number of hydrogen-bond acceptors (Lipinski definition) is 0. The van der Waals surface area contributed by atoms with Gasteiger partial charge in [0.05, 0.1) is 11.0 Å². The molecule has 10 aromatic rings. The van der Waals surface area contributed by atoms with Gasteiger partial charge in [-0.1, -0.05) is 228 Å². The summed E-state index contributed by atoms with van der Waals surface area (Å²) in [5.74, 6) is 2.18. The van der Waals surface area contributed by atoms with Gasteiger partial charge < -0.3 is 4.57 Å². The van der Waals surface area contributed by atoms with E-state index in [1.807, 2.05) is 0 Å². The molecule has 1 aromatic heterocycles.